The third-order valence-corrected chi connectivity index (χ3v) is 12.3. The zero-order valence-corrected chi connectivity index (χ0v) is 17.4. The average Bonchev–Trinajstić information content (AvgIpc) is 2.09. The van der Waals surface area contributed by atoms with E-state index in [-0.39, 0.29) is 5.69 Å². The van der Waals surface area contributed by atoms with Crippen molar-refractivity contribution in [3.05, 3.63) is 16.7 Å². The minimum absolute atomic E-state index is 0.233. The van der Waals surface area contributed by atoms with E-state index in [0.717, 1.165) is 5.82 Å². The summed E-state index contributed by atoms with van der Waals surface area (Å²) in [6.45, 7) is 20.9. The fourth-order valence-electron chi connectivity index (χ4n) is 2.75. The number of aromatic nitrogens is 2. The molecule has 7 heteroatoms. The average molecular weight is 328 g/mol. The first-order chi connectivity index (χ1) is 8.74. The molecule has 1 heterocycles. The summed E-state index contributed by atoms with van der Waals surface area (Å²) in [5.41, 5.74) is -0.233. The number of hydrogen-bond acceptors (Lipinski definition) is 3. The van der Waals surface area contributed by atoms with Crippen molar-refractivity contribution in [3.63, 3.8) is 0 Å². The van der Waals surface area contributed by atoms with E-state index in [0.29, 0.717) is 0 Å². The van der Waals surface area contributed by atoms with Gasteiger partial charge in [-0.1, -0.05) is 58.9 Å². The van der Waals surface area contributed by atoms with Crippen molar-refractivity contribution in [2.45, 2.75) is 58.9 Å². The predicted octanol–water partition coefficient (Wildman–Crippen LogP) is 2.79. The molecule has 0 unspecified atom stereocenters. The molecule has 1 aromatic rings. The normalized spacial score (nSPS) is 13.4. The summed E-state index contributed by atoms with van der Waals surface area (Å²) in [5.74, 6) is 0.964. The first-order valence-electron chi connectivity index (χ1n) is 7.15. The first kappa shape index (κ1) is 17.4. The first-order valence-corrected chi connectivity index (χ1v) is 17.5. The van der Waals surface area contributed by atoms with Crippen LogP contribution in [0.4, 0.5) is 5.82 Å². The van der Waals surface area contributed by atoms with Crippen LogP contribution in [-0.2, 0) is 0 Å². The lowest BCUT2D eigenvalue weighted by Crippen LogP contribution is -2.63. The molecule has 114 valence electrons. The van der Waals surface area contributed by atoms with Gasteiger partial charge in [0.15, 0.2) is 0 Å². The highest BCUT2D eigenvalue weighted by atomic mass is 28.4. The standard InChI is InChI=1S/C13H29N3OSi3/c1-18(2,3)11-10-14-13(17)15-12(11)16(19(4,5)6)20(7,8)9/h10H,1-9H3,(H,14,15,17). The van der Waals surface area contributed by atoms with Crippen molar-refractivity contribution in [1.29, 1.82) is 0 Å². The van der Waals surface area contributed by atoms with Crippen LogP contribution in [-0.4, -0.2) is 34.5 Å². The van der Waals surface area contributed by atoms with Gasteiger partial charge in [0.2, 0.25) is 0 Å². The molecule has 0 aromatic carbocycles. The van der Waals surface area contributed by atoms with E-state index >= 15 is 0 Å². The largest absolute Gasteiger partial charge is 0.410 e. The maximum atomic E-state index is 11.8. The molecule has 0 spiro atoms. The minimum atomic E-state index is -1.59. The Morgan fingerprint density at radius 3 is 1.75 bits per heavy atom. The Morgan fingerprint density at radius 1 is 0.950 bits per heavy atom. The fourth-order valence-corrected chi connectivity index (χ4v) is 14.0. The van der Waals surface area contributed by atoms with E-state index in [4.69, 9.17) is 0 Å². The van der Waals surface area contributed by atoms with Crippen LogP contribution < -0.4 is 15.1 Å². The molecule has 0 atom stereocenters. The van der Waals surface area contributed by atoms with Crippen molar-refractivity contribution >= 4 is 35.5 Å². The molecule has 0 saturated carbocycles. The van der Waals surface area contributed by atoms with E-state index in [1.807, 2.05) is 6.20 Å². The highest BCUT2D eigenvalue weighted by molar-refractivity contribution is 7.00. The molecular weight excluding hydrogens is 298 g/mol. The lowest BCUT2D eigenvalue weighted by molar-refractivity contribution is 1.07. The van der Waals surface area contributed by atoms with Gasteiger partial charge in [-0.2, -0.15) is 4.98 Å². The van der Waals surface area contributed by atoms with E-state index in [1.54, 1.807) is 0 Å². The van der Waals surface area contributed by atoms with Gasteiger partial charge in [0.1, 0.15) is 22.3 Å². The summed E-state index contributed by atoms with van der Waals surface area (Å²) in [5, 5.41) is 1.27. The molecule has 0 fully saturated rings. The number of anilines is 1. The molecule has 1 rings (SSSR count). The van der Waals surface area contributed by atoms with Gasteiger partial charge in [-0.15, -0.1) is 0 Å². The lowest BCUT2D eigenvalue weighted by Gasteiger charge is -2.46. The number of nitrogens with zero attached hydrogens (tertiary/aromatic N) is 2. The SMILES string of the molecule is C[Si](C)(C)c1c[nH]c(=O)nc1N([Si](C)(C)C)[Si](C)(C)C. The van der Waals surface area contributed by atoms with Crippen molar-refractivity contribution in [2.24, 2.45) is 0 Å². The Labute approximate surface area is 125 Å². The molecule has 0 aliphatic carbocycles. The van der Waals surface area contributed by atoms with Gasteiger partial charge in [-0.25, -0.2) is 4.79 Å². The van der Waals surface area contributed by atoms with Crippen LogP contribution in [0.15, 0.2) is 11.0 Å². The molecule has 20 heavy (non-hydrogen) atoms. The zero-order chi connectivity index (χ0) is 15.9. The lowest BCUT2D eigenvalue weighted by atomic mass is 10.6. The predicted molar refractivity (Wildman–Crippen MR) is 97.0 cm³/mol. The van der Waals surface area contributed by atoms with Crippen LogP contribution in [0.5, 0.6) is 0 Å². The van der Waals surface area contributed by atoms with Gasteiger partial charge in [0.05, 0.1) is 8.07 Å². The summed E-state index contributed by atoms with van der Waals surface area (Å²) in [6, 6.07) is 0. The fraction of sp³-hybridized carbons (Fsp3) is 0.692. The van der Waals surface area contributed by atoms with Gasteiger partial charge < -0.3 is 9.22 Å². The third kappa shape index (κ3) is 3.92. The number of hydrogen-bond donors (Lipinski definition) is 1. The van der Waals surface area contributed by atoms with E-state index in [9.17, 15) is 4.79 Å². The van der Waals surface area contributed by atoms with Crippen molar-refractivity contribution in [3.8, 4) is 0 Å². The van der Waals surface area contributed by atoms with Crippen LogP contribution in [0.2, 0.25) is 58.9 Å². The smallest absolute Gasteiger partial charge is 0.346 e. The third-order valence-electron chi connectivity index (χ3n) is 3.15. The molecule has 1 N–H and O–H groups in total. The maximum absolute atomic E-state index is 11.8. The molecule has 0 bridgehead atoms. The summed E-state index contributed by atoms with van der Waals surface area (Å²) in [4.78, 5) is 18.9. The van der Waals surface area contributed by atoms with Gasteiger partial charge >= 0.3 is 5.69 Å². The van der Waals surface area contributed by atoms with Gasteiger partial charge in [0, 0.05) is 6.20 Å². The molecular formula is C13H29N3OSi3. The second-order valence-corrected chi connectivity index (χ2v) is 23.4. The second-order valence-electron chi connectivity index (χ2n) is 8.37. The molecule has 0 radical (unpaired) electrons. The van der Waals surface area contributed by atoms with Crippen molar-refractivity contribution in [1.82, 2.24) is 9.97 Å². The molecule has 0 amide bonds. The number of nitrogens with one attached hydrogen (secondary N) is 1. The summed E-state index contributed by atoms with van der Waals surface area (Å²) in [7, 11) is -4.74. The summed E-state index contributed by atoms with van der Waals surface area (Å²) >= 11 is 0. The minimum Gasteiger partial charge on any atom is -0.410 e. The number of rotatable bonds is 4. The Bertz CT molecular complexity index is 522. The Morgan fingerprint density at radius 2 is 1.40 bits per heavy atom. The van der Waals surface area contributed by atoms with Gasteiger partial charge in [0.25, 0.3) is 0 Å². The van der Waals surface area contributed by atoms with Gasteiger partial charge in [-0.05, 0) is 5.19 Å². The second kappa shape index (κ2) is 5.27. The topological polar surface area (TPSA) is 49.0 Å². The molecule has 4 nitrogen and oxygen atoms in total. The molecule has 0 aliphatic rings. The van der Waals surface area contributed by atoms with Crippen LogP contribution in [0.1, 0.15) is 0 Å². The molecule has 0 saturated heterocycles. The molecule has 0 aliphatic heterocycles. The van der Waals surface area contributed by atoms with Crippen LogP contribution >= 0.6 is 0 Å². The highest BCUT2D eigenvalue weighted by Crippen LogP contribution is 2.26. The van der Waals surface area contributed by atoms with Crippen LogP contribution in [0.3, 0.4) is 0 Å². The molecule has 1 aromatic heterocycles. The van der Waals surface area contributed by atoms with Crippen molar-refractivity contribution < 1.29 is 0 Å². The highest BCUT2D eigenvalue weighted by Gasteiger charge is 2.38. The van der Waals surface area contributed by atoms with Crippen molar-refractivity contribution in [2.75, 3.05) is 4.23 Å². The Hall–Kier alpha value is -0.669. The Kier molecular flexibility index (Phi) is 4.58. The monoisotopic (exact) mass is 327 g/mol. The number of H-pyrrole nitrogens is 1. The zero-order valence-electron chi connectivity index (χ0n) is 14.4. The summed E-state index contributed by atoms with van der Waals surface area (Å²) in [6.07, 6.45) is 1.91. The summed E-state index contributed by atoms with van der Waals surface area (Å²) < 4.78 is 2.54. The number of aromatic amines is 1. The van der Waals surface area contributed by atoms with Gasteiger partial charge in [-0.3, -0.25) is 0 Å². The maximum Gasteiger partial charge on any atom is 0.346 e. The van der Waals surface area contributed by atoms with Crippen LogP contribution in [0, 0.1) is 0 Å². The van der Waals surface area contributed by atoms with Crippen LogP contribution in [0.25, 0.3) is 0 Å². The van der Waals surface area contributed by atoms with E-state index in [1.165, 1.54) is 5.19 Å². The quantitative estimate of drug-likeness (QED) is 0.865. The Balaban J connectivity index is 3.64. The van der Waals surface area contributed by atoms with E-state index in [2.05, 4.69) is 73.1 Å². The van der Waals surface area contributed by atoms with E-state index < -0.39 is 24.5 Å².